The van der Waals surface area contributed by atoms with Gasteiger partial charge in [-0.15, -0.1) is 0 Å². The van der Waals surface area contributed by atoms with Crippen LogP contribution < -0.4 is 0 Å². The van der Waals surface area contributed by atoms with Gasteiger partial charge in [0.15, 0.2) is 0 Å². The summed E-state index contributed by atoms with van der Waals surface area (Å²) in [5, 5.41) is 0. The molecule has 5 nitrogen and oxygen atoms in total. The van der Waals surface area contributed by atoms with Crippen molar-refractivity contribution in [3.05, 3.63) is 0 Å². The molecule has 0 aromatic rings. The van der Waals surface area contributed by atoms with E-state index in [2.05, 4.69) is 4.74 Å². The summed E-state index contributed by atoms with van der Waals surface area (Å²) in [6.07, 6.45) is -0.901. The van der Waals surface area contributed by atoms with Gasteiger partial charge in [-0.3, -0.25) is 0 Å². The minimum Gasteiger partial charge on any atom is -0.462 e. The van der Waals surface area contributed by atoms with Gasteiger partial charge in [0.25, 0.3) is 0 Å². The Kier molecular flexibility index (Phi) is 5.11. The maximum atomic E-state index is 11.5. The maximum absolute atomic E-state index is 11.5. The first-order valence-corrected chi connectivity index (χ1v) is 4.73. The zero-order valence-electron chi connectivity index (χ0n) is 9.83. The number of methoxy groups -OCH3 is 1. The highest BCUT2D eigenvalue weighted by atomic mass is 16.7. The first kappa shape index (κ1) is 13.7. The van der Waals surface area contributed by atoms with Crippen molar-refractivity contribution in [1.82, 2.24) is 0 Å². The minimum absolute atomic E-state index is 0.239. The first-order chi connectivity index (χ1) is 6.79. The topological polar surface area (TPSA) is 61.8 Å². The van der Waals surface area contributed by atoms with Gasteiger partial charge in [-0.05, 0) is 19.8 Å². The van der Waals surface area contributed by atoms with Crippen LogP contribution in [0.5, 0.6) is 0 Å². The predicted molar refractivity (Wildman–Crippen MR) is 53.4 cm³/mol. The predicted octanol–water partition coefficient (Wildman–Crippen LogP) is 1.75. The Bertz CT molecular complexity index is 232. The van der Waals surface area contributed by atoms with Gasteiger partial charge in [0, 0.05) is 0 Å². The summed E-state index contributed by atoms with van der Waals surface area (Å²) in [7, 11) is 1.18. The van der Waals surface area contributed by atoms with Gasteiger partial charge in [0.2, 0.25) is 5.60 Å². The Hall–Kier alpha value is -1.26. The number of rotatable bonds is 4. The molecule has 15 heavy (non-hydrogen) atoms. The van der Waals surface area contributed by atoms with Crippen LogP contribution in [-0.2, 0) is 19.0 Å². The minimum atomic E-state index is -1.32. The normalized spacial score (nSPS) is 11.1. The standard InChI is InChI=1S/C10H18O5/c1-7(2)6-14-8(11)10(3,4)15-9(12)13-5/h7H,6H2,1-5H3. The van der Waals surface area contributed by atoms with Crippen molar-refractivity contribution in [2.45, 2.75) is 33.3 Å². The summed E-state index contributed by atoms with van der Waals surface area (Å²) < 4.78 is 14.0. The first-order valence-electron chi connectivity index (χ1n) is 4.73. The smallest absolute Gasteiger partial charge is 0.462 e. The third-order valence-corrected chi connectivity index (χ3v) is 1.54. The Morgan fingerprint density at radius 2 is 1.80 bits per heavy atom. The number of esters is 1. The third kappa shape index (κ3) is 5.24. The molecule has 0 saturated carbocycles. The molecule has 0 amide bonds. The summed E-state index contributed by atoms with van der Waals surface area (Å²) in [4.78, 5) is 22.3. The molecule has 0 N–H and O–H groups in total. The highest BCUT2D eigenvalue weighted by Crippen LogP contribution is 2.13. The molecule has 0 aliphatic carbocycles. The lowest BCUT2D eigenvalue weighted by Gasteiger charge is -2.22. The lowest BCUT2D eigenvalue weighted by atomic mass is 10.1. The van der Waals surface area contributed by atoms with Gasteiger partial charge in [0.1, 0.15) is 0 Å². The van der Waals surface area contributed by atoms with Crippen molar-refractivity contribution < 1.29 is 23.8 Å². The summed E-state index contributed by atoms with van der Waals surface area (Å²) in [6.45, 7) is 7.04. The molecule has 0 aromatic heterocycles. The monoisotopic (exact) mass is 218 g/mol. The van der Waals surface area contributed by atoms with Crippen molar-refractivity contribution in [2.75, 3.05) is 13.7 Å². The van der Waals surface area contributed by atoms with Crippen LogP contribution in [0.2, 0.25) is 0 Å². The Morgan fingerprint density at radius 3 is 2.20 bits per heavy atom. The average molecular weight is 218 g/mol. The maximum Gasteiger partial charge on any atom is 0.509 e. The second-order valence-electron chi connectivity index (χ2n) is 4.06. The van der Waals surface area contributed by atoms with Crippen molar-refractivity contribution in [2.24, 2.45) is 5.92 Å². The van der Waals surface area contributed by atoms with E-state index in [1.807, 2.05) is 13.8 Å². The molecule has 0 saturated heterocycles. The molecule has 0 unspecified atom stereocenters. The van der Waals surface area contributed by atoms with Gasteiger partial charge in [-0.1, -0.05) is 13.8 Å². The number of hydrogen-bond donors (Lipinski definition) is 0. The van der Waals surface area contributed by atoms with Crippen LogP contribution in [-0.4, -0.2) is 31.4 Å². The fourth-order valence-corrected chi connectivity index (χ4v) is 0.708. The van der Waals surface area contributed by atoms with Crippen LogP contribution in [0.4, 0.5) is 4.79 Å². The highest BCUT2D eigenvalue weighted by molar-refractivity contribution is 5.81. The van der Waals surface area contributed by atoms with E-state index < -0.39 is 17.7 Å². The summed E-state index contributed by atoms with van der Waals surface area (Å²) in [5.41, 5.74) is -1.32. The highest BCUT2D eigenvalue weighted by Gasteiger charge is 2.34. The average Bonchev–Trinajstić information content (AvgIpc) is 2.13. The van der Waals surface area contributed by atoms with Crippen LogP contribution in [0.3, 0.4) is 0 Å². The quantitative estimate of drug-likeness (QED) is 0.673. The fourth-order valence-electron chi connectivity index (χ4n) is 0.708. The number of carbonyl (C=O) groups is 2. The molecule has 0 fully saturated rings. The molecule has 5 heteroatoms. The van der Waals surface area contributed by atoms with Gasteiger partial charge in [-0.25, -0.2) is 9.59 Å². The van der Waals surface area contributed by atoms with E-state index >= 15 is 0 Å². The van der Waals surface area contributed by atoms with E-state index in [0.29, 0.717) is 6.61 Å². The van der Waals surface area contributed by atoms with Crippen molar-refractivity contribution in [1.29, 1.82) is 0 Å². The second kappa shape index (κ2) is 5.58. The number of carbonyl (C=O) groups excluding carboxylic acids is 2. The summed E-state index contributed by atoms with van der Waals surface area (Å²) in [6, 6.07) is 0. The van der Waals surface area contributed by atoms with Crippen molar-refractivity contribution in [3.8, 4) is 0 Å². The largest absolute Gasteiger partial charge is 0.509 e. The molecule has 0 aliphatic rings. The van der Waals surface area contributed by atoms with Crippen LogP contribution in [0.25, 0.3) is 0 Å². The molecule has 0 spiro atoms. The molecular weight excluding hydrogens is 200 g/mol. The van der Waals surface area contributed by atoms with E-state index in [0.717, 1.165) is 0 Å². The zero-order valence-corrected chi connectivity index (χ0v) is 9.83. The molecule has 0 heterocycles. The number of hydrogen-bond acceptors (Lipinski definition) is 5. The lowest BCUT2D eigenvalue weighted by Crippen LogP contribution is -2.39. The SMILES string of the molecule is COC(=O)OC(C)(C)C(=O)OCC(C)C. The van der Waals surface area contributed by atoms with Crippen LogP contribution >= 0.6 is 0 Å². The molecular formula is C10H18O5. The molecule has 0 rings (SSSR count). The van der Waals surface area contributed by atoms with E-state index in [9.17, 15) is 9.59 Å². The Balaban J connectivity index is 4.19. The van der Waals surface area contributed by atoms with Gasteiger partial charge < -0.3 is 14.2 Å². The Morgan fingerprint density at radius 1 is 1.27 bits per heavy atom. The van der Waals surface area contributed by atoms with Gasteiger partial charge in [0.05, 0.1) is 13.7 Å². The lowest BCUT2D eigenvalue weighted by molar-refractivity contribution is -0.165. The van der Waals surface area contributed by atoms with Crippen molar-refractivity contribution >= 4 is 12.1 Å². The van der Waals surface area contributed by atoms with Gasteiger partial charge >= 0.3 is 12.1 Å². The molecule has 0 bridgehead atoms. The second-order valence-corrected chi connectivity index (χ2v) is 4.06. The van der Waals surface area contributed by atoms with Crippen molar-refractivity contribution in [3.63, 3.8) is 0 Å². The fraction of sp³-hybridized carbons (Fsp3) is 0.800. The molecule has 0 atom stereocenters. The van der Waals surface area contributed by atoms with E-state index in [1.165, 1.54) is 21.0 Å². The molecule has 0 aromatic carbocycles. The number of ether oxygens (including phenoxy) is 3. The summed E-state index contributed by atoms with van der Waals surface area (Å²) >= 11 is 0. The van der Waals surface area contributed by atoms with Gasteiger partial charge in [-0.2, -0.15) is 0 Å². The van der Waals surface area contributed by atoms with Crippen LogP contribution in [0, 0.1) is 5.92 Å². The molecule has 0 aliphatic heterocycles. The van der Waals surface area contributed by atoms with Crippen LogP contribution in [0.1, 0.15) is 27.7 Å². The Labute approximate surface area is 89.7 Å². The third-order valence-electron chi connectivity index (χ3n) is 1.54. The molecule has 0 radical (unpaired) electrons. The molecule has 88 valence electrons. The summed E-state index contributed by atoms with van der Waals surface area (Å²) in [5.74, 6) is -0.343. The zero-order chi connectivity index (χ0) is 12.1. The van der Waals surface area contributed by atoms with E-state index in [4.69, 9.17) is 9.47 Å². The van der Waals surface area contributed by atoms with E-state index in [-0.39, 0.29) is 5.92 Å². The van der Waals surface area contributed by atoms with E-state index in [1.54, 1.807) is 0 Å². The van der Waals surface area contributed by atoms with Crippen LogP contribution in [0.15, 0.2) is 0 Å².